The van der Waals surface area contributed by atoms with Gasteiger partial charge in [-0.1, -0.05) is 18.2 Å². The first-order chi connectivity index (χ1) is 11.9. The molecule has 1 rings (SSSR count). The van der Waals surface area contributed by atoms with Crippen LogP contribution in [0.4, 0.5) is 0 Å². The Balaban J connectivity index is 0.00000625. The van der Waals surface area contributed by atoms with Crippen molar-refractivity contribution >= 4 is 35.8 Å². The minimum Gasteiger partial charge on any atom is -0.493 e. The largest absolute Gasteiger partial charge is 0.493 e. The molecular formula is C18H29IN4O3. The Hall–Kier alpha value is -1.97. The molecule has 1 aromatic carbocycles. The van der Waals surface area contributed by atoms with E-state index in [0.29, 0.717) is 30.5 Å². The first-order valence-electron chi connectivity index (χ1n) is 7.95. The molecule has 0 aliphatic heterocycles. The molecule has 0 radical (unpaired) electrons. The molecule has 0 aliphatic carbocycles. The number of nitrogens with zero attached hydrogens (tertiary/aromatic N) is 2. The van der Waals surface area contributed by atoms with Crippen LogP contribution in [0.2, 0.25) is 0 Å². The van der Waals surface area contributed by atoms with Crippen LogP contribution in [0.5, 0.6) is 11.5 Å². The van der Waals surface area contributed by atoms with Gasteiger partial charge < -0.3 is 25.0 Å². The number of aliphatic imine (C=N–C) groups is 1. The van der Waals surface area contributed by atoms with Crippen LogP contribution < -0.4 is 20.1 Å². The number of ether oxygens (including phenoxy) is 2. The van der Waals surface area contributed by atoms with Crippen molar-refractivity contribution in [3.05, 3.63) is 35.9 Å². The van der Waals surface area contributed by atoms with Crippen LogP contribution in [0.3, 0.4) is 0 Å². The van der Waals surface area contributed by atoms with E-state index in [0.717, 1.165) is 11.1 Å². The van der Waals surface area contributed by atoms with Gasteiger partial charge in [-0.25, -0.2) is 4.99 Å². The summed E-state index contributed by atoms with van der Waals surface area (Å²) in [5.74, 6) is 1.84. The Labute approximate surface area is 172 Å². The van der Waals surface area contributed by atoms with Crippen LogP contribution in [0.15, 0.2) is 35.3 Å². The van der Waals surface area contributed by atoms with E-state index in [4.69, 9.17) is 9.47 Å². The molecule has 0 saturated carbocycles. The number of halogens is 1. The molecule has 2 N–H and O–H groups in total. The summed E-state index contributed by atoms with van der Waals surface area (Å²) in [6.07, 6.45) is 0. The molecule has 0 atom stereocenters. The smallest absolute Gasteiger partial charge is 0.241 e. The first kappa shape index (κ1) is 24.0. The molecule has 0 heterocycles. The first-order valence-corrected chi connectivity index (χ1v) is 7.95. The monoisotopic (exact) mass is 476 g/mol. The quantitative estimate of drug-likeness (QED) is 0.260. The molecule has 1 aromatic rings. The molecule has 0 unspecified atom stereocenters. The highest BCUT2D eigenvalue weighted by atomic mass is 127. The van der Waals surface area contributed by atoms with E-state index in [2.05, 4.69) is 22.2 Å². The van der Waals surface area contributed by atoms with Gasteiger partial charge in [-0.05, 0) is 24.6 Å². The van der Waals surface area contributed by atoms with Crippen LogP contribution >= 0.6 is 24.0 Å². The predicted molar refractivity (Wildman–Crippen MR) is 116 cm³/mol. The highest BCUT2D eigenvalue weighted by molar-refractivity contribution is 14.0. The third-order valence-electron chi connectivity index (χ3n) is 3.33. The third-order valence-corrected chi connectivity index (χ3v) is 3.33. The van der Waals surface area contributed by atoms with Gasteiger partial charge in [0.15, 0.2) is 17.5 Å². The normalized spacial score (nSPS) is 10.4. The Morgan fingerprint density at radius 3 is 2.31 bits per heavy atom. The summed E-state index contributed by atoms with van der Waals surface area (Å²) in [6, 6.07) is 5.64. The van der Waals surface area contributed by atoms with Crippen molar-refractivity contribution in [2.24, 2.45) is 4.99 Å². The Morgan fingerprint density at radius 2 is 1.77 bits per heavy atom. The lowest BCUT2D eigenvalue weighted by Crippen LogP contribution is -2.43. The number of hydrogen-bond donors (Lipinski definition) is 2. The number of hydrogen-bond acceptors (Lipinski definition) is 4. The lowest BCUT2D eigenvalue weighted by Gasteiger charge is -2.15. The van der Waals surface area contributed by atoms with E-state index in [1.807, 2.05) is 25.1 Å². The number of rotatable bonds is 8. The summed E-state index contributed by atoms with van der Waals surface area (Å²) in [4.78, 5) is 17.8. The second-order valence-corrected chi connectivity index (χ2v) is 5.81. The summed E-state index contributed by atoms with van der Waals surface area (Å²) in [5.41, 5.74) is 1.94. The maximum Gasteiger partial charge on any atom is 0.241 e. The highest BCUT2D eigenvalue weighted by Crippen LogP contribution is 2.27. The van der Waals surface area contributed by atoms with Crippen LogP contribution in [-0.4, -0.2) is 58.2 Å². The van der Waals surface area contributed by atoms with Gasteiger partial charge in [0.2, 0.25) is 5.91 Å². The van der Waals surface area contributed by atoms with E-state index in [-0.39, 0.29) is 36.4 Å². The summed E-state index contributed by atoms with van der Waals surface area (Å²) >= 11 is 0. The number of benzene rings is 1. The fraction of sp³-hybridized carbons (Fsp3) is 0.444. The van der Waals surface area contributed by atoms with E-state index >= 15 is 0 Å². The van der Waals surface area contributed by atoms with Gasteiger partial charge >= 0.3 is 0 Å². The maximum absolute atomic E-state index is 11.7. The van der Waals surface area contributed by atoms with E-state index in [1.54, 1.807) is 28.3 Å². The van der Waals surface area contributed by atoms with Gasteiger partial charge in [0.1, 0.15) is 0 Å². The average molecular weight is 476 g/mol. The summed E-state index contributed by atoms with van der Waals surface area (Å²) in [7, 11) is 6.62. The van der Waals surface area contributed by atoms with Crippen molar-refractivity contribution in [1.82, 2.24) is 15.5 Å². The zero-order valence-corrected chi connectivity index (χ0v) is 18.4. The van der Waals surface area contributed by atoms with Gasteiger partial charge in [0.25, 0.3) is 0 Å². The molecule has 26 heavy (non-hydrogen) atoms. The molecule has 0 aromatic heterocycles. The number of likely N-dealkylation sites (N-methyl/N-ethyl adjacent to an activating group) is 1. The second-order valence-electron chi connectivity index (χ2n) is 5.81. The molecule has 146 valence electrons. The van der Waals surface area contributed by atoms with Crippen LogP contribution in [0, 0.1) is 0 Å². The van der Waals surface area contributed by atoms with Gasteiger partial charge in [0.05, 0.1) is 27.3 Å². The van der Waals surface area contributed by atoms with Gasteiger partial charge in [0, 0.05) is 20.6 Å². The predicted octanol–water partition coefficient (Wildman–Crippen LogP) is 2.02. The number of carbonyl (C=O) groups excluding carboxylic acids is 1. The lowest BCUT2D eigenvalue weighted by molar-refractivity contribution is -0.127. The van der Waals surface area contributed by atoms with Crippen LogP contribution in [-0.2, 0) is 11.3 Å². The zero-order chi connectivity index (χ0) is 18.8. The molecule has 0 fully saturated rings. The number of amides is 1. The highest BCUT2D eigenvalue weighted by Gasteiger charge is 2.07. The molecule has 1 amide bonds. The minimum atomic E-state index is -0.0315. The molecule has 7 nitrogen and oxygen atoms in total. The fourth-order valence-electron chi connectivity index (χ4n) is 1.88. The number of nitrogens with one attached hydrogen (secondary N) is 2. The van der Waals surface area contributed by atoms with E-state index < -0.39 is 0 Å². The molecule has 0 aliphatic rings. The van der Waals surface area contributed by atoms with Crippen molar-refractivity contribution in [1.29, 1.82) is 0 Å². The SMILES string of the molecule is C=C(C)CNC(=NCc1ccc(OC)c(OC)c1)NCC(=O)N(C)C.I. The average Bonchev–Trinajstić information content (AvgIpc) is 2.59. The van der Waals surface area contributed by atoms with Crippen LogP contribution in [0.1, 0.15) is 12.5 Å². The molecule has 0 saturated heterocycles. The van der Waals surface area contributed by atoms with Gasteiger partial charge in [-0.15, -0.1) is 24.0 Å². The molecule has 0 spiro atoms. The van der Waals surface area contributed by atoms with Crippen molar-refractivity contribution < 1.29 is 14.3 Å². The Kier molecular flexibility index (Phi) is 11.5. The summed E-state index contributed by atoms with van der Waals surface area (Å²) in [6.45, 7) is 6.96. The standard InChI is InChI=1S/C18H28N4O3.HI/c1-13(2)10-19-18(21-12-17(23)22(3)4)20-11-14-7-8-15(24-5)16(9-14)25-6;/h7-9H,1,10-12H2,2-6H3,(H2,19,20,21);1H. The number of guanidine groups is 1. The molecule has 8 heteroatoms. The Morgan fingerprint density at radius 1 is 1.15 bits per heavy atom. The number of carbonyl (C=O) groups is 1. The lowest BCUT2D eigenvalue weighted by atomic mass is 10.2. The zero-order valence-electron chi connectivity index (χ0n) is 16.1. The van der Waals surface area contributed by atoms with Crippen molar-refractivity contribution in [2.75, 3.05) is 41.4 Å². The fourth-order valence-corrected chi connectivity index (χ4v) is 1.88. The maximum atomic E-state index is 11.7. The van der Waals surface area contributed by atoms with Gasteiger partial charge in [-0.2, -0.15) is 0 Å². The van der Waals surface area contributed by atoms with Crippen LogP contribution in [0.25, 0.3) is 0 Å². The summed E-state index contributed by atoms with van der Waals surface area (Å²) in [5, 5.41) is 6.18. The van der Waals surface area contributed by atoms with E-state index in [1.165, 1.54) is 4.90 Å². The molecular weight excluding hydrogens is 447 g/mol. The topological polar surface area (TPSA) is 75.2 Å². The summed E-state index contributed by atoms with van der Waals surface area (Å²) < 4.78 is 10.5. The second kappa shape index (κ2) is 12.4. The van der Waals surface area contributed by atoms with Crippen molar-refractivity contribution in [3.8, 4) is 11.5 Å². The van der Waals surface area contributed by atoms with Gasteiger partial charge in [-0.3, -0.25) is 4.79 Å². The van der Waals surface area contributed by atoms with Crippen molar-refractivity contribution in [2.45, 2.75) is 13.5 Å². The number of methoxy groups -OCH3 is 2. The molecule has 0 bridgehead atoms. The minimum absolute atomic E-state index is 0. The Bertz CT molecular complexity index is 633. The van der Waals surface area contributed by atoms with Crippen molar-refractivity contribution in [3.63, 3.8) is 0 Å². The van der Waals surface area contributed by atoms with E-state index in [9.17, 15) is 4.79 Å². The third kappa shape index (κ3) is 8.41.